The SMILES string of the molecule is CCc1cccc(C)c1NC(=O)C(Sc1cccc(NC(=O)/C(=C\c2ccc(F)cc2)NC(=O)c2ccccc2)c1)c1ccccc1. The van der Waals surface area contributed by atoms with Gasteiger partial charge in [0.05, 0.1) is 0 Å². The highest BCUT2D eigenvalue weighted by Gasteiger charge is 2.24. The summed E-state index contributed by atoms with van der Waals surface area (Å²) in [5.74, 6) is -1.60. The fourth-order valence-corrected chi connectivity index (χ4v) is 6.02. The van der Waals surface area contributed by atoms with Gasteiger partial charge in [-0.2, -0.15) is 0 Å². The quantitative estimate of drug-likeness (QED) is 0.0994. The molecule has 0 aliphatic carbocycles. The van der Waals surface area contributed by atoms with Crippen LogP contribution in [0.1, 0.15) is 44.8 Å². The standard InChI is InChI=1S/C39H34FN3O3S/c1-3-28-17-10-12-26(2)35(28)43-39(46)36(29-13-6-4-7-14-29)47-33-19-11-18-32(25-33)41-38(45)34(24-27-20-22-31(40)23-21-27)42-37(44)30-15-8-5-9-16-30/h4-25,36H,3H2,1-2H3,(H,41,45)(H,42,44)(H,43,46)/b34-24+. The smallest absolute Gasteiger partial charge is 0.272 e. The number of benzene rings is 5. The summed E-state index contributed by atoms with van der Waals surface area (Å²) in [7, 11) is 0. The average Bonchev–Trinajstić information content (AvgIpc) is 3.09. The maximum Gasteiger partial charge on any atom is 0.272 e. The molecular weight excluding hydrogens is 610 g/mol. The molecule has 6 nitrogen and oxygen atoms in total. The van der Waals surface area contributed by atoms with Crippen molar-refractivity contribution in [3.05, 3.63) is 167 Å². The van der Waals surface area contributed by atoms with Crippen molar-refractivity contribution in [2.75, 3.05) is 10.6 Å². The molecule has 0 heterocycles. The third kappa shape index (κ3) is 8.83. The maximum atomic E-state index is 13.8. The molecule has 0 aliphatic rings. The van der Waals surface area contributed by atoms with E-state index in [2.05, 4.69) is 22.9 Å². The predicted octanol–water partition coefficient (Wildman–Crippen LogP) is 8.58. The summed E-state index contributed by atoms with van der Waals surface area (Å²) in [6.07, 6.45) is 2.27. The number of rotatable bonds is 11. The van der Waals surface area contributed by atoms with Crippen molar-refractivity contribution in [3.63, 3.8) is 0 Å². The van der Waals surface area contributed by atoms with E-state index in [-0.39, 0.29) is 11.6 Å². The fourth-order valence-electron chi connectivity index (χ4n) is 4.94. The Balaban J connectivity index is 1.39. The molecule has 0 aromatic heterocycles. The van der Waals surface area contributed by atoms with E-state index in [4.69, 9.17) is 0 Å². The number of carbonyl (C=O) groups excluding carboxylic acids is 3. The number of halogens is 1. The molecule has 0 radical (unpaired) electrons. The van der Waals surface area contributed by atoms with Crippen LogP contribution in [0, 0.1) is 12.7 Å². The van der Waals surface area contributed by atoms with Crippen LogP contribution in [0.4, 0.5) is 15.8 Å². The van der Waals surface area contributed by atoms with Gasteiger partial charge in [-0.1, -0.05) is 91.9 Å². The number of hydrogen-bond acceptors (Lipinski definition) is 4. The molecule has 0 aliphatic heterocycles. The molecule has 0 spiro atoms. The van der Waals surface area contributed by atoms with Crippen LogP contribution in [0.2, 0.25) is 0 Å². The molecular formula is C39H34FN3O3S. The van der Waals surface area contributed by atoms with Gasteiger partial charge in [0.2, 0.25) is 5.91 Å². The molecule has 0 fully saturated rings. The Hall–Kier alpha value is -5.47. The maximum absolute atomic E-state index is 13.8. The van der Waals surface area contributed by atoms with E-state index in [1.807, 2.05) is 61.5 Å². The number of amides is 3. The second-order valence-electron chi connectivity index (χ2n) is 10.8. The van der Waals surface area contributed by atoms with Gasteiger partial charge in [0.25, 0.3) is 11.8 Å². The summed E-state index contributed by atoms with van der Waals surface area (Å²) >= 11 is 1.37. The van der Waals surface area contributed by atoms with Gasteiger partial charge in [0, 0.05) is 21.8 Å². The van der Waals surface area contributed by atoms with Gasteiger partial charge in [-0.05, 0) is 84.1 Å². The zero-order chi connectivity index (χ0) is 33.2. The second kappa shape index (κ2) is 15.7. The minimum absolute atomic E-state index is 0.0185. The van der Waals surface area contributed by atoms with Crippen molar-refractivity contribution in [1.82, 2.24) is 5.32 Å². The average molecular weight is 644 g/mol. The monoisotopic (exact) mass is 643 g/mol. The Labute approximate surface area is 278 Å². The molecule has 8 heteroatoms. The summed E-state index contributed by atoms with van der Waals surface area (Å²) in [6, 6.07) is 36.8. The highest BCUT2D eigenvalue weighted by Crippen LogP contribution is 2.38. The lowest BCUT2D eigenvalue weighted by molar-refractivity contribution is -0.116. The van der Waals surface area contributed by atoms with Crippen LogP contribution in [-0.2, 0) is 16.0 Å². The lowest BCUT2D eigenvalue weighted by Gasteiger charge is -2.20. The number of thioether (sulfide) groups is 1. The van der Waals surface area contributed by atoms with E-state index >= 15 is 0 Å². The molecule has 3 N–H and O–H groups in total. The number of carbonyl (C=O) groups is 3. The van der Waals surface area contributed by atoms with Gasteiger partial charge >= 0.3 is 0 Å². The zero-order valence-electron chi connectivity index (χ0n) is 26.0. The summed E-state index contributed by atoms with van der Waals surface area (Å²) in [5.41, 5.74) is 5.07. The van der Waals surface area contributed by atoms with Crippen LogP contribution < -0.4 is 16.0 Å². The van der Waals surface area contributed by atoms with Gasteiger partial charge in [0.15, 0.2) is 0 Å². The van der Waals surface area contributed by atoms with Crippen molar-refractivity contribution in [2.45, 2.75) is 30.4 Å². The third-order valence-electron chi connectivity index (χ3n) is 7.38. The molecule has 5 aromatic carbocycles. The third-order valence-corrected chi connectivity index (χ3v) is 8.63. The van der Waals surface area contributed by atoms with E-state index < -0.39 is 22.9 Å². The largest absolute Gasteiger partial charge is 0.324 e. The van der Waals surface area contributed by atoms with Gasteiger partial charge in [-0.25, -0.2) is 4.39 Å². The fraction of sp³-hybridized carbons (Fsp3) is 0.103. The Morgan fingerprint density at radius 1 is 0.787 bits per heavy atom. The molecule has 0 saturated heterocycles. The van der Waals surface area contributed by atoms with E-state index in [0.29, 0.717) is 16.8 Å². The normalized spacial score (nSPS) is 11.8. The Bertz CT molecular complexity index is 1890. The molecule has 5 rings (SSSR count). The summed E-state index contributed by atoms with van der Waals surface area (Å²) in [5, 5.41) is 8.15. The lowest BCUT2D eigenvalue weighted by atomic mass is 10.1. The topological polar surface area (TPSA) is 87.3 Å². The summed E-state index contributed by atoms with van der Waals surface area (Å²) < 4.78 is 13.6. The zero-order valence-corrected chi connectivity index (χ0v) is 26.8. The van der Waals surface area contributed by atoms with Gasteiger partial charge in [-0.3, -0.25) is 14.4 Å². The van der Waals surface area contributed by atoms with Crippen molar-refractivity contribution < 1.29 is 18.8 Å². The van der Waals surface area contributed by atoms with Crippen LogP contribution in [-0.4, -0.2) is 17.7 Å². The summed E-state index contributed by atoms with van der Waals surface area (Å²) in [6.45, 7) is 4.04. The minimum atomic E-state index is -0.578. The van der Waals surface area contributed by atoms with Crippen LogP contribution in [0.15, 0.2) is 138 Å². The molecule has 0 bridgehead atoms. The van der Waals surface area contributed by atoms with Crippen LogP contribution in [0.3, 0.4) is 0 Å². The van der Waals surface area contributed by atoms with E-state index in [0.717, 1.165) is 33.7 Å². The van der Waals surface area contributed by atoms with Crippen LogP contribution >= 0.6 is 11.8 Å². The van der Waals surface area contributed by atoms with Crippen molar-refractivity contribution in [1.29, 1.82) is 0 Å². The van der Waals surface area contributed by atoms with E-state index in [1.165, 1.54) is 42.1 Å². The van der Waals surface area contributed by atoms with Crippen LogP contribution in [0.25, 0.3) is 6.08 Å². The number of anilines is 2. The molecule has 47 heavy (non-hydrogen) atoms. The van der Waals surface area contributed by atoms with Crippen molar-refractivity contribution in [2.24, 2.45) is 0 Å². The predicted molar refractivity (Wildman–Crippen MR) is 188 cm³/mol. The highest BCUT2D eigenvalue weighted by molar-refractivity contribution is 8.00. The first-order chi connectivity index (χ1) is 22.8. The first-order valence-corrected chi connectivity index (χ1v) is 16.0. The number of aryl methyl sites for hydroxylation is 2. The first kappa shape index (κ1) is 32.9. The van der Waals surface area contributed by atoms with Crippen molar-refractivity contribution >= 4 is 46.9 Å². The molecule has 5 aromatic rings. The summed E-state index contributed by atoms with van der Waals surface area (Å²) in [4.78, 5) is 41.1. The minimum Gasteiger partial charge on any atom is -0.324 e. The Kier molecular flexibility index (Phi) is 11.0. The van der Waals surface area contributed by atoms with Crippen molar-refractivity contribution in [3.8, 4) is 0 Å². The van der Waals surface area contributed by atoms with Gasteiger partial charge in [-0.15, -0.1) is 11.8 Å². The van der Waals surface area contributed by atoms with E-state index in [1.54, 1.807) is 48.5 Å². The highest BCUT2D eigenvalue weighted by atomic mass is 32.2. The lowest BCUT2D eigenvalue weighted by Crippen LogP contribution is -2.30. The molecule has 0 saturated carbocycles. The number of hydrogen-bond donors (Lipinski definition) is 3. The molecule has 1 unspecified atom stereocenters. The Morgan fingerprint density at radius 3 is 2.17 bits per heavy atom. The molecule has 3 amide bonds. The second-order valence-corrected chi connectivity index (χ2v) is 12.0. The Morgan fingerprint density at radius 2 is 1.47 bits per heavy atom. The van der Waals surface area contributed by atoms with Gasteiger partial charge < -0.3 is 16.0 Å². The van der Waals surface area contributed by atoms with E-state index in [9.17, 15) is 18.8 Å². The number of nitrogens with one attached hydrogen (secondary N) is 3. The molecule has 236 valence electrons. The van der Waals surface area contributed by atoms with Crippen LogP contribution in [0.5, 0.6) is 0 Å². The number of para-hydroxylation sites is 1. The van der Waals surface area contributed by atoms with Gasteiger partial charge in [0.1, 0.15) is 16.8 Å². The molecule has 1 atom stereocenters. The first-order valence-electron chi connectivity index (χ1n) is 15.2.